The summed E-state index contributed by atoms with van der Waals surface area (Å²) in [5, 5.41) is 4.50. The first kappa shape index (κ1) is 28.4. The summed E-state index contributed by atoms with van der Waals surface area (Å²) in [6.45, 7) is -0.204. The van der Waals surface area contributed by atoms with Gasteiger partial charge in [-0.2, -0.15) is 13.1 Å². The van der Waals surface area contributed by atoms with E-state index < -0.39 is 34.3 Å². The number of aromatic nitrogens is 3. The maximum atomic E-state index is 12.9. The highest BCUT2D eigenvalue weighted by atomic mass is 32.2. The lowest BCUT2D eigenvalue weighted by Gasteiger charge is -2.17. The van der Waals surface area contributed by atoms with Crippen LogP contribution in [0, 0.1) is 0 Å². The molecule has 14 nitrogen and oxygen atoms in total. The van der Waals surface area contributed by atoms with Crippen molar-refractivity contribution in [1.82, 2.24) is 24.6 Å². The van der Waals surface area contributed by atoms with E-state index in [4.69, 9.17) is 11.5 Å². The van der Waals surface area contributed by atoms with Crippen molar-refractivity contribution in [3.05, 3.63) is 75.4 Å². The molecule has 0 spiro atoms. The highest BCUT2D eigenvalue weighted by molar-refractivity contribution is 7.90. The minimum Gasteiger partial charge on any atom is -0.370 e. The van der Waals surface area contributed by atoms with Crippen LogP contribution < -0.4 is 31.8 Å². The zero-order valence-electron chi connectivity index (χ0n) is 20.1. The number of carbonyl (C=O) groups excluding carboxylic acids is 2. The molecule has 7 N–H and O–H groups in total. The zero-order chi connectivity index (χ0) is 27.5. The number of nitrogens with two attached hydrogens (primary N) is 2. The summed E-state index contributed by atoms with van der Waals surface area (Å²) < 4.78 is 30.4. The average molecular weight is 562 g/mol. The minimum atomic E-state index is -4.09. The number of amides is 1. The van der Waals surface area contributed by atoms with E-state index in [1.807, 2.05) is 0 Å². The van der Waals surface area contributed by atoms with E-state index >= 15 is 0 Å². The van der Waals surface area contributed by atoms with Crippen LogP contribution in [0.2, 0.25) is 0 Å². The van der Waals surface area contributed by atoms with Crippen LogP contribution in [0.3, 0.4) is 0 Å². The third-order valence-corrected chi connectivity index (χ3v) is 6.83. The third kappa shape index (κ3) is 8.75. The fourth-order valence-corrected chi connectivity index (χ4v) is 4.76. The summed E-state index contributed by atoms with van der Waals surface area (Å²) in [6, 6.07) is 5.07. The number of Topliss-reactive ketones (excluding diaryl/α,β-unsaturated/α-hetero) is 1. The number of pyridine rings is 2. The van der Waals surface area contributed by atoms with Gasteiger partial charge in [0.25, 0.3) is 15.8 Å². The molecule has 3 aromatic heterocycles. The quantitative estimate of drug-likeness (QED) is 0.0745. The fraction of sp³-hybridized carbons (Fsp3) is 0.273. The van der Waals surface area contributed by atoms with Crippen molar-refractivity contribution in [3.8, 4) is 0 Å². The summed E-state index contributed by atoms with van der Waals surface area (Å²) >= 11 is 1.14. The number of nitrogens with one attached hydrogen (secondary N) is 3. The Hall–Kier alpha value is -4.15. The van der Waals surface area contributed by atoms with Crippen LogP contribution in [0.1, 0.15) is 28.2 Å². The average Bonchev–Trinajstić information content (AvgIpc) is 3.42. The number of anilines is 1. The predicted octanol–water partition coefficient (Wildman–Crippen LogP) is -0.432. The predicted molar refractivity (Wildman–Crippen MR) is 143 cm³/mol. The highest BCUT2D eigenvalue weighted by Gasteiger charge is 2.24. The lowest BCUT2D eigenvalue weighted by molar-refractivity contribution is -0.122. The van der Waals surface area contributed by atoms with Crippen LogP contribution >= 0.6 is 11.3 Å². The maximum absolute atomic E-state index is 12.9. The Bertz CT molecular complexity index is 1420. The number of thiazole rings is 1. The van der Waals surface area contributed by atoms with E-state index in [0.29, 0.717) is 12.0 Å². The van der Waals surface area contributed by atoms with Crippen molar-refractivity contribution in [2.24, 2.45) is 16.5 Å². The van der Waals surface area contributed by atoms with Crippen LogP contribution in [0.5, 0.6) is 0 Å². The Morgan fingerprint density at radius 3 is 2.61 bits per heavy atom. The molecule has 0 aromatic carbocycles. The van der Waals surface area contributed by atoms with Gasteiger partial charge in [0.15, 0.2) is 11.0 Å². The molecule has 1 amide bonds. The van der Waals surface area contributed by atoms with Crippen molar-refractivity contribution in [2.75, 3.05) is 11.3 Å². The number of hydrogen-bond acceptors (Lipinski definition) is 9. The molecular weight excluding hydrogens is 534 g/mol. The molecular formula is C22H27N9O5S2. The molecule has 202 valence electrons. The highest BCUT2D eigenvalue weighted by Crippen LogP contribution is 2.11. The summed E-state index contributed by atoms with van der Waals surface area (Å²) in [5.74, 6) is -1.09. The van der Waals surface area contributed by atoms with Gasteiger partial charge in [-0.25, -0.2) is 4.98 Å². The summed E-state index contributed by atoms with van der Waals surface area (Å²) in [6.07, 6.45) is 6.51. The molecule has 0 radical (unpaired) electrons. The molecule has 3 heterocycles. The van der Waals surface area contributed by atoms with Crippen molar-refractivity contribution in [2.45, 2.75) is 32.0 Å². The fourth-order valence-electron chi connectivity index (χ4n) is 3.26. The monoisotopic (exact) mass is 561 g/mol. The van der Waals surface area contributed by atoms with Gasteiger partial charge in [0.05, 0.1) is 6.04 Å². The lowest BCUT2D eigenvalue weighted by atomic mass is 10.1. The Morgan fingerprint density at radius 1 is 1.16 bits per heavy atom. The molecule has 16 heteroatoms. The van der Waals surface area contributed by atoms with Gasteiger partial charge in [-0.05, 0) is 42.7 Å². The number of rotatable bonds is 14. The number of ketones is 1. The summed E-state index contributed by atoms with van der Waals surface area (Å²) in [7, 11) is -4.09. The largest absolute Gasteiger partial charge is 0.370 e. The summed E-state index contributed by atoms with van der Waals surface area (Å²) in [4.78, 5) is 50.2. The van der Waals surface area contributed by atoms with Crippen LogP contribution in [-0.4, -0.2) is 53.2 Å². The van der Waals surface area contributed by atoms with Gasteiger partial charge in [0, 0.05) is 43.3 Å². The van der Waals surface area contributed by atoms with Gasteiger partial charge in [-0.3, -0.25) is 29.1 Å². The van der Waals surface area contributed by atoms with Gasteiger partial charge < -0.3 is 21.4 Å². The molecule has 0 aliphatic carbocycles. The van der Waals surface area contributed by atoms with Gasteiger partial charge in [0.1, 0.15) is 12.2 Å². The second-order valence-electron chi connectivity index (χ2n) is 7.91. The molecule has 38 heavy (non-hydrogen) atoms. The van der Waals surface area contributed by atoms with Crippen LogP contribution in [0.4, 0.5) is 5.69 Å². The van der Waals surface area contributed by atoms with Crippen molar-refractivity contribution >= 4 is 44.9 Å². The van der Waals surface area contributed by atoms with Crippen LogP contribution in [0.25, 0.3) is 0 Å². The molecule has 0 fully saturated rings. The number of carbonyl (C=O) groups is 2. The number of nitrogens with zero attached hydrogens (tertiary/aromatic N) is 4. The Kier molecular flexibility index (Phi) is 10.0. The Labute approximate surface area is 222 Å². The Morgan fingerprint density at radius 2 is 1.92 bits per heavy atom. The van der Waals surface area contributed by atoms with Gasteiger partial charge in [-0.1, -0.05) is 0 Å². The molecule has 0 unspecified atom stereocenters. The first-order chi connectivity index (χ1) is 18.1. The molecule has 1 atom stereocenters. The van der Waals surface area contributed by atoms with E-state index in [-0.39, 0.29) is 41.9 Å². The molecule has 0 bridgehead atoms. The SMILES string of the molecule is NC(N)=NCCC[C@H](NC(=O)Cn1cccc(NS(=O)(=O)NCc2ccncc2)c1=O)C(=O)c1nccs1. The zero-order valence-corrected chi connectivity index (χ0v) is 21.7. The normalized spacial score (nSPS) is 11.9. The molecule has 0 saturated carbocycles. The lowest BCUT2D eigenvalue weighted by Crippen LogP contribution is -2.43. The molecule has 3 rings (SSSR count). The standard InChI is InChI=1S/C22H27N9O5S2/c23-22(24)27-7-1-3-16(19(33)20-26-10-12-37-20)29-18(32)14-31-11-2-4-17(21(31)34)30-38(35,36)28-13-15-5-8-25-9-6-15/h2,4-6,8-12,16,28,30H,1,3,7,13-14H2,(H,29,32)(H4,23,24,27)/t16-/m0/s1. The smallest absolute Gasteiger partial charge is 0.299 e. The van der Waals surface area contributed by atoms with Gasteiger partial charge >= 0.3 is 0 Å². The van der Waals surface area contributed by atoms with Crippen molar-refractivity contribution in [1.29, 1.82) is 0 Å². The molecule has 0 aliphatic rings. The Balaban J connectivity index is 1.66. The van der Waals surface area contributed by atoms with Gasteiger partial charge in [0.2, 0.25) is 11.7 Å². The minimum absolute atomic E-state index is 0.0149. The van der Waals surface area contributed by atoms with E-state index in [1.54, 1.807) is 17.5 Å². The first-order valence-electron chi connectivity index (χ1n) is 11.3. The van der Waals surface area contributed by atoms with Crippen LogP contribution in [-0.2, 0) is 28.1 Å². The molecule has 3 aromatic rings. The molecule has 0 saturated heterocycles. The van der Waals surface area contributed by atoms with Crippen LogP contribution in [0.15, 0.2) is 64.2 Å². The topological polar surface area (TPSA) is 217 Å². The van der Waals surface area contributed by atoms with E-state index in [1.165, 1.54) is 36.9 Å². The first-order valence-corrected chi connectivity index (χ1v) is 13.6. The van der Waals surface area contributed by atoms with E-state index in [0.717, 1.165) is 15.9 Å². The number of guanidine groups is 1. The maximum Gasteiger partial charge on any atom is 0.299 e. The molecule has 0 aliphatic heterocycles. The third-order valence-electron chi connectivity index (χ3n) is 5.03. The van der Waals surface area contributed by atoms with Crippen molar-refractivity contribution in [3.63, 3.8) is 0 Å². The van der Waals surface area contributed by atoms with E-state index in [9.17, 15) is 22.8 Å². The van der Waals surface area contributed by atoms with Gasteiger partial charge in [-0.15, -0.1) is 11.3 Å². The second kappa shape index (κ2) is 13.4. The summed E-state index contributed by atoms with van der Waals surface area (Å²) in [5.41, 5.74) is 10.3. The van der Waals surface area contributed by atoms with Crippen molar-refractivity contribution < 1.29 is 18.0 Å². The number of hydrogen-bond donors (Lipinski definition) is 5. The van der Waals surface area contributed by atoms with E-state index in [2.05, 4.69) is 29.7 Å². The number of aliphatic imine (C=N–C) groups is 1. The second-order valence-corrected chi connectivity index (χ2v) is 10.3.